The largest absolute Gasteiger partial charge is 0.360 e. The molecule has 2 rings (SSSR count). The van der Waals surface area contributed by atoms with Gasteiger partial charge in [-0.25, -0.2) is 0 Å². The average molecular weight is 335 g/mol. The number of nitro benzene ring substituents is 1. The van der Waals surface area contributed by atoms with Gasteiger partial charge < -0.3 is 15.1 Å². The van der Waals surface area contributed by atoms with Gasteiger partial charge >= 0.3 is 0 Å². The molecule has 132 valence electrons. The summed E-state index contributed by atoms with van der Waals surface area (Å²) in [5.41, 5.74) is 1.11. The SMILES string of the molecule is CC(C)CCNC(=O)C[NH+]1CCN(c2ccc([N+](=O)[O-])cc2)CC1. The predicted octanol–water partition coefficient (Wildman–Crippen LogP) is 0.462. The van der Waals surface area contributed by atoms with E-state index < -0.39 is 0 Å². The Bertz CT molecular complexity index is 551. The molecule has 1 saturated heterocycles. The lowest BCUT2D eigenvalue weighted by atomic mass is 10.1. The van der Waals surface area contributed by atoms with Crippen molar-refractivity contribution in [3.05, 3.63) is 34.4 Å². The summed E-state index contributed by atoms with van der Waals surface area (Å²) < 4.78 is 0. The minimum atomic E-state index is -0.385. The second kappa shape index (κ2) is 8.63. The zero-order valence-electron chi connectivity index (χ0n) is 14.5. The number of anilines is 1. The van der Waals surface area contributed by atoms with Gasteiger partial charge in [-0.3, -0.25) is 14.9 Å². The monoisotopic (exact) mass is 335 g/mol. The molecule has 0 spiro atoms. The first-order chi connectivity index (χ1) is 11.5. The van der Waals surface area contributed by atoms with Crippen LogP contribution in [0.1, 0.15) is 20.3 Å². The lowest BCUT2D eigenvalue weighted by molar-refractivity contribution is -0.892. The van der Waals surface area contributed by atoms with Crippen LogP contribution < -0.4 is 15.1 Å². The number of non-ortho nitro benzene ring substituents is 1. The van der Waals surface area contributed by atoms with E-state index in [1.54, 1.807) is 12.1 Å². The Morgan fingerprint density at radius 3 is 2.46 bits per heavy atom. The molecule has 1 heterocycles. The van der Waals surface area contributed by atoms with E-state index in [0.29, 0.717) is 12.5 Å². The van der Waals surface area contributed by atoms with Gasteiger partial charge in [-0.15, -0.1) is 0 Å². The number of carbonyl (C=O) groups is 1. The van der Waals surface area contributed by atoms with Crippen LogP contribution in [0.15, 0.2) is 24.3 Å². The molecule has 1 aromatic carbocycles. The summed E-state index contributed by atoms with van der Waals surface area (Å²) in [6, 6.07) is 6.66. The fourth-order valence-electron chi connectivity index (χ4n) is 2.83. The van der Waals surface area contributed by atoms with Crippen molar-refractivity contribution in [1.82, 2.24) is 5.32 Å². The van der Waals surface area contributed by atoms with Crippen molar-refractivity contribution in [1.29, 1.82) is 0 Å². The van der Waals surface area contributed by atoms with Gasteiger partial charge in [-0.2, -0.15) is 0 Å². The highest BCUT2D eigenvalue weighted by molar-refractivity contribution is 5.76. The standard InChI is InChI=1S/C17H26N4O3/c1-14(2)7-8-18-17(22)13-19-9-11-20(12-10-19)15-3-5-16(6-4-15)21(23)24/h3-6,14H,7-13H2,1-2H3,(H,18,22)/p+1. The van der Waals surface area contributed by atoms with Crippen molar-refractivity contribution in [2.24, 2.45) is 5.92 Å². The first kappa shape index (κ1) is 18.2. The number of hydrogen-bond donors (Lipinski definition) is 2. The van der Waals surface area contributed by atoms with E-state index in [2.05, 4.69) is 24.1 Å². The van der Waals surface area contributed by atoms with E-state index in [0.717, 1.165) is 44.8 Å². The molecule has 7 heteroatoms. The quantitative estimate of drug-likeness (QED) is 0.560. The number of amides is 1. The average Bonchev–Trinajstić information content (AvgIpc) is 2.55. The molecule has 0 saturated carbocycles. The number of rotatable bonds is 7. The second-order valence-corrected chi connectivity index (χ2v) is 6.72. The molecule has 24 heavy (non-hydrogen) atoms. The fourth-order valence-corrected chi connectivity index (χ4v) is 2.83. The van der Waals surface area contributed by atoms with Gasteiger partial charge in [0.05, 0.1) is 31.1 Å². The van der Waals surface area contributed by atoms with Crippen LogP contribution in [0.3, 0.4) is 0 Å². The predicted molar refractivity (Wildman–Crippen MR) is 93.3 cm³/mol. The molecule has 2 N–H and O–H groups in total. The molecule has 0 bridgehead atoms. The molecule has 0 aromatic heterocycles. The molecule has 7 nitrogen and oxygen atoms in total. The Balaban J connectivity index is 1.74. The zero-order valence-corrected chi connectivity index (χ0v) is 14.5. The summed E-state index contributed by atoms with van der Waals surface area (Å²) in [4.78, 5) is 25.7. The Hall–Kier alpha value is -2.15. The van der Waals surface area contributed by atoms with Crippen LogP contribution in [-0.4, -0.2) is 50.1 Å². The minimum Gasteiger partial charge on any atom is -0.360 e. The van der Waals surface area contributed by atoms with Crippen LogP contribution in [0.25, 0.3) is 0 Å². The maximum atomic E-state index is 11.9. The van der Waals surface area contributed by atoms with Gasteiger partial charge in [-0.05, 0) is 24.5 Å². The van der Waals surface area contributed by atoms with E-state index in [9.17, 15) is 14.9 Å². The number of benzene rings is 1. The van der Waals surface area contributed by atoms with Gasteiger partial charge in [0, 0.05) is 24.4 Å². The number of nitrogens with one attached hydrogen (secondary N) is 2. The Morgan fingerprint density at radius 2 is 1.92 bits per heavy atom. The summed E-state index contributed by atoms with van der Waals surface area (Å²) in [7, 11) is 0. The van der Waals surface area contributed by atoms with Crippen molar-refractivity contribution in [3.8, 4) is 0 Å². The lowest BCUT2D eigenvalue weighted by Crippen LogP contribution is -3.15. The number of hydrogen-bond acceptors (Lipinski definition) is 4. The van der Waals surface area contributed by atoms with E-state index in [4.69, 9.17) is 0 Å². The normalized spacial score (nSPS) is 15.5. The highest BCUT2D eigenvalue weighted by Crippen LogP contribution is 2.19. The van der Waals surface area contributed by atoms with Gasteiger partial charge in [-0.1, -0.05) is 13.8 Å². The van der Waals surface area contributed by atoms with Crippen molar-refractivity contribution >= 4 is 17.3 Å². The summed E-state index contributed by atoms with van der Waals surface area (Å²) in [5.74, 6) is 0.720. The van der Waals surface area contributed by atoms with Crippen LogP contribution in [-0.2, 0) is 4.79 Å². The molecule has 0 aliphatic carbocycles. The molecule has 1 amide bonds. The van der Waals surface area contributed by atoms with Crippen LogP contribution >= 0.6 is 0 Å². The molecule has 0 atom stereocenters. The molecule has 0 unspecified atom stereocenters. The Kier molecular flexibility index (Phi) is 6.54. The first-order valence-corrected chi connectivity index (χ1v) is 8.55. The van der Waals surface area contributed by atoms with E-state index >= 15 is 0 Å². The third kappa shape index (κ3) is 5.49. The van der Waals surface area contributed by atoms with Crippen molar-refractivity contribution < 1.29 is 14.6 Å². The number of nitrogens with zero attached hydrogens (tertiary/aromatic N) is 2. The fraction of sp³-hybridized carbons (Fsp3) is 0.588. The summed E-state index contributed by atoms with van der Waals surface area (Å²) in [5, 5.41) is 13.7. The third-order valence-electron chi connectivity index (χ3n) is 4.35. The molecule has 1 fully saturated rings. The van der Waals surface area contributed by atoms with Gasteiger partial charge in [0.1, 0.15) is 0 Å². The molecule has 1 aromatic rings. The van der Waals surface area contributed by atoms with Crippen molar-refractivity contribution in [2.45, 2.75) is 20.3 Å². The Labute approximate surface area is 142 Å². The van der Waals surface area contributed by atoms with Gasteiger partial charge in [0.2, 0.25) is 0 Å². The number of quaternary nitrogens is 1. The maximum Gasteiger partial charge on any atom is 0.275 e. The lowest BCUT2D eigenvalue weighted by Gasteiger charge is -2.33. The number of carbonyl (C=O) groups excluding carboxylic acids is 1. The summed E-state index contributed by atoms with van der Waals surface area (Å²) in [6.07, 6.45) is 1.01. The van der Waals surface area contributed by atoms with E-state index in [1.165, 1.54) is 17.0 Å². The van der Waals surface area contributed by atoms with Crippen LogP contribution in [0.2, 0.25) is 0 Å². The Morgan fingerprint density at radius 1 is 1.29 bits per heavy atom. The van der Waals surface area contributed by atoms with E-state index in [-0.39, 0.29) is 16.5 Å². The van der Waals surface area contributed by atoms with Crippen LogP contribution in [0, 0.1) is 16.0 Å². The van der Waals surface area contributed by atoms with Gasteiger partial charge in [0.15, 0.2) is 6.54 Å². The topological polar surface area (TPSA) is 79.9 Å². The summed E-state index contributed by atoms with van der Waals surface area (Å²) >= 11 is 0. The highest BCUT2D eigenvalue weighted by Gasteiger charge is 2.22. The molecule has 1 aliphatic rings. The highest BCUT2D eigenvalue weighted by atomic mass is 16.6. The van der Waals surface area contributed by atoms with Gasteiger partial charge in [0.25, 0.3) is 11.6 Å². The van der Waals surface area contributed by atoms with Crippen LogP contribution in [0.4, 0.5) is 11.4 Å². The van der Waals surface area contributed by atoms with Crippen LogP contribution in [0.5, 0.6) is 0 Å². The number of piperazine rings is 1. The molecular weight excluding hydrogens is 308 g/mol. The van der Waals surface area contributed by atoms with Crippen molar-refractivity contribution in [3.63, 3.8) is 0 Å². The zero-order chi connectivity index (χ0) is 17.5. The molecule has 0 radical (unpaired) electrons. The number of nitro groups is 1. The van der Waals surface area contributed by atoms with Crippen molar-refractivity contribution in [2.75, 3.05) is 44.2 Å². The third-order valence-corrected chi connectivity index (χ3v) is 4.35. The smallest absolute Gasteiger partial charge is 0.275 e. The minimum absolute atomic E-state index is 0.112. The first-order valence-electron chi connectivity index (χ1n) is 8.55. The molecule has 1 aliphatic heterocycles. The molecular formula is C17H27N4O3+. The maximum absolute atomic E-state index is 11.9. The second-order valence-electron chi connectivity index (χ2n) is 6.72. The van der Waals surface area contributed by atoms with E-state index in [1.807, 2.05) is 0 Å². The summed E-state index contributed by atoms with van der Waals surface area (Å²) in [6.45, 7) is 9.07.